The molecule has 0 rings (SSSR count). The predicted octanol–water partition coefficient (Wildman–Crippen LogP) is 22.7. The Morgan fingerprint density at radius 3 is 0.763 bits per heavy atom. The lowest BCUT2D eigenvalue weighted by molar-refractivity contribution is -0.167. The van der Waals surface area contributed by atoms with Crippen LogP contribution in [0.3, 0.4) is 0 Å². The summed E-state index contributed by atoms with van der Waals surface area (Å²) in [6, 6.07) is 0. The zero-order valence-corrected chi connectivity index (χ0v) is 50.8. The van der Waals surface area contributed by atoms with Crippen molar-refractivity contribution in [2.45, 2.75) is 354 Å². The average Bonchev–Trinajstić information content (AvgIpc) is 3.42. The lowest BCUT2D eigenvalue weighted by Gasteiger charge is -2.18. The molecule has 1 atom stereocenters. The largest absolute Gasteiger partial charge is 0.462 e. The summed E-state index contributed by atoms with van der Waals surface area (Å²) in [5.74, 6) is -0.869. The van der Waals surface area contributed by atoms with Gasteiger partial charge in [0.15, 0.2) is 6.10 Å². The summed E-state index contributed by atoms with van der Waals surface area (Å²) in [4.78, 5) is 38.4. The molecule has 0 aromatic carbocycles. The molecule has 0 heterocycles. The van der Waals surface area contributed by atoms with Gasteiger partial charge in [0, 0.05) is 19.3 Å². The summed E-state index contributed by atoms with van der Waals surface area (Å²) < 4.78 is 17.0. The van der Waals surface area contributed by atoms with Crippen molar-refractivity contribution >= 4 is 17.9 Å². The van der Waals surface area contributed by atoms with Crippen molar-refractivity contribution in [2.24, 2.45) is 0 Å². The molecule has 0 N–H and O–H groups in total. The molecule has 6 nitrogen and oxygen atoms in total. The normalized spacial score (nSPS) is 12.4. The van der Waals surface area contributed by atoms with Crippen LogP contribution in [-0.2, 0) is 28.6 Å². The zero-order chi connectivity index (χ0) is 55.0. The van der Waals surface area contributed by atoms with E-state index in [1.54, 1.807) is 0 Å². The van der Waals surface area contributed by atoms with Crippen LogP contribution in [0.5, 0.6) is 0 Å². The number of esters is 3. The van der Waals surface area contributed by atoms with E-state index in [-0.39, 0.29) is 31.1 Å². The molecule has 0 saturated carbocycles. The van der Waals surface area contributed by atoms with Crippen molar-refractivity contribution in [1.29, 1.82) is 0 Å². The Hall–Kier alpha value is -2.89. The molecule has 0 aliphatic carbocycles. The van der Waals surface area contributed by atoms with E-state index >= 15 is 0 Å². The van der Waals surface area contributed by atoms with E-state index in [0.717, 1.165) is 83.5 Å². The van der Waals surface area contributed by atoms with E-state index in [0.29, 0.717) is 19.3 Å². The van der Waals surface area contributed by atoms with Gasteiger partial charge in [-0.05, 0) is 89.9 Å². The van der Waals surface area contributed by atoms with Crippen LogP contribution in [0.4, 0.5) is 0 Å². The molecular weight excluding hydrogens is 937 g/mol. The number of hydrogen-bond acceptors (Lipinski definition) is 6. The second-order valence-electron chi connectivity index (χ2n) is 22.4. The maximum Gasteiger partial charge on any atom is 0.306 e. The highest BCUT2D eigenvalue weighted by Crippen LogP contribution is 2.17. The molecule has 0 saturated heterocycles. The number of carbonyl (C=O) groups is 3. The Morgan fingerprint density at radius 1 is 0.263 bits per heavy atom. The highest BCUT2D eigenvalue weighted by Gasteiger charge is 2.19. The van der Waals surface area contributed by atoms with Crippen LogP contribution in [0.25, 0.3) is 0 Å². The monoisotopic (exact) mass is 1060 g/mol. The van der Waals surface area contributed by atoms with Gasteiger partial charge in [0.05, 0.1) is 0 Å². The number of allylic oxidation sites excluding steroid dienone is 10. The topological polar surface area (TPSA) is 78.9 Å². The van der Waals surface area contributed by atoms with E-state index in [1.165, 1.54) is 225 Å². The molecule has 6 heteroatoms. The van der Waals surface area contributed by atoms with Crippen LogP contribution in [0.15, 0.2) is 60.8 Å². The summed E-state index contributed by atoms with van der Waals surface area (Å²) in [5.41, 5.74) is 0. The lowest BCUT2D eigenvalue weighted by Crippen LogP contribution is -2.30. The number of ether oxygens (including phenoxy) is 3. The molecule has 76 heavy (non-hydrogen) atoms. The van der Waals surface area contributed by atoms with E-state index in [9.17, 15) is 14.4 Å². The second-order valence-corrected chi connectivity index (χ2v) is 22.4. The summed E-state index contributed by atoms with van der Waals surface area (Å²) in [6.07, 6.45) is 82.3. The number of hydrogen-bond donors (Lipinski definition) is 0. The van der Waals surface area contributed by atoms with Crippen LogP contribution in [0.2, 0.25) is 0 Å². The third-order valence-electron chi connectivity index (χ3n) is 14.7. The molecule has 0 amide bonds. The molecule has 442 valence electrons. The zero-order valence-electron chi connectivity index (χ0n) is 50.8. The van der Waals surface area contributed by atoms with Crippen LogP contribution < -0.4 is 0 Å². The van der Waals surface area contributed by atoms with Gasteiger partial charge in [-0.15, -0.1) is 0 Å². The Bertz CT molecular complexity index is 1360. The number of carbonyl (C=O) groups excluding carboxylic acids is 3. The van der Waals surface area contributed by atoms with Crippen molar-refractivity contribution in [3.05, 3.63) is 60.8 Å². The van der Waals surface area contributed by atoms with E-state index in [1.807, 2.05) is 0 Å². The van der Waals surface area contributed by atoms with E-state index < -0.39 is 6.10 Å². The molecular formula is C70H126O6. The second kappa shape index (κ2) is 64.6. The molecule has 0 bridgehead atoms. The van der Waals surface area contributed by atoms with E-state index in [2.05, 4.69) is 81.5 Å². The Labute approximate surface area is 472 Å². The van der Waals surface area contributed by atoms with Gasteiger partial charge in [0.25, 0.3) is 0 Å². The van der Waals surface area contributed by atoms with Gasteiger partial charge in [0.1, 0.15) is 13.2 Å². The molecule has 0 fully saturated rings. The van der Waals surface area contributed by atoms with Crippen molar-refractivity contribution < 1.29 is 28.6 Å². The first-order valence-electron chi connectivity index (χ1n) is 33.3. The summed E-state index contributed by atoms with van der Waals surface area (Å²) in [7, 11) is 0. The molecule has 0 aromatic rings. The molecule has 0 aliphatic rings. The van der Waals surface area contributed by atoms with Crippen LogP contribution in [0.1, 0.15) is 348 Å². The van der Waals surface area contributed by atoms with Crippen molar-refractivity contribution in [2.75, 3.05) is 13.2 Å². The van der Waals surface area contributed by atoms with Crippen LogP contribution in [-0.4, -0.2) is 37.2 Å². The van der Waals surface area contributed by atoms with Gasteiger partial charge in [-0.25, -0.2) is 0 Å². The maximum atomic E-state index is 12.9. The fraction of sp³-hybridized carbons (Fsp3) is 0.814. The van der Waals surface area contributed by atoms with Crippen molar-refractivity contribution in [3.63, 3.8) is 0 Å². The van der Waals surface area contributed by atoms with Gasteiger partial charge < -0.3 is 14.2 Å². The minimum absolute atomic E-state index is 0.0760. The lowest BCUT2D eigenvalue weighted by atomic mass is 10.0. The Balaban J connectivity index is 4.31. The van der Waals surface area contributed by atoms with Crippen molar-refractivity contribution in [1.82, 2.24) is 0 Å². The van der Waals surface area contributed by atoms with Gasteiger partial charge in [-0.2, -0.15) is 0 Å². The fourth-order valence-electron chi connectivity index (χ4n) is 9.72. The van der Waals surface area contributed by atoms with Gasteiger partial charge >= 0.3 is 17.9 Å². The predicted molar refractivity (Wildman–Crippen MR) is 330 cm³/mol. The highest BCUT2D eigenvalue weighted by molar-refractivity contribution is 5.71. The fourth-order valence-corrected chi connectivity index (χ4v) is 9.72. The Kier molecular flexibility index (Phi) is 62.2. The first-order valence-corrected chi connectivity index (χ1v) is 33.3. The maximum absolute atomic E-state index is 12.9. The average molecular weight is 1060 g/mol. The molecule has 0 radical (unpaired) electrons. The smallest absolute Gasteiger partial charge is 0.306 e. The molecule has 0 spiro atoms. The van der Waals surface area contributed by atoms with Gasteiger partial charge in [-0.3, -0.25) is 14.4 Å². The minimum Gasteiger partial charge on any atom is -0.462 e. The molecule has 0 aliphatic heterocycles. The number of unbranched alkanes of at least 4 members (excludes halogenated alkanes) is 40. The SMILES string of the molecule is CCCCC/C=C\C/C=C\C/C=C\CCCCCCCCC(=O)OC(COC(=O)CCCCCCCCCCCCCCCC)COC(=O)CCCCCCCCCCCCCCC/C=C\C/C=C\CCCCCCC. The first-order chi connectivity index (χ1) is 37.5. The number of rotatable bonds is 61. The third kappa shape index (κ3) is 62.0. The van der Waals surface area contributed by atoms with E-state index in [4.69, 9.17) is 14.2 Å². The highest BCUT2D eigenvalue weighted by atomic mass is 16.6. The summed E-state index contributed by atoms with van der Waals surface area (Å²) in [5, 5.41) is 0. The third-order valence-corrected chi connectivity index (χ3v) is 14.7. The quantitative estimate of drug-likeness (QED) is 0.0261. The summed E-state index contributed by atoms with van der Waals surface area (Å²) >= 11 is 0. The Morgan fingerprint density at radius 2 is 0.474 bits per heavy atom. The first kappa shape index (κ1) is 73.1. The minimum atomic E-state index is -0.781. The standard InChI is InChI=1S/C70H126O6/c1-4-7-10-13-16-19-22-25-28-30-32-33-34-35-36-37-39-40-42-45-48-51-54-57-60-63-69(72)75-66-67(65-74-68(71)62-59-56-53-50-47-44-27-24-21-18-15-12-9-6-3)76-70(73)64-61-58-55-52-49-46-43-41-38-31-29-26-23-20-17-14-11-8-5-2/h17,20,22,25-26,29-30,32,38,41,67H,4-16,18-19,21,23-24,27-28,31,33-37,39-40,42-66H2,1-3H3/b20-17-,25-22-,29-26-,32-30-,41-38-. The molecule has 0 aromatic heterocycles. The molecule has 1 unspecified atom stereocenters. The summed E-state index contributed by atoms with van der Waals surface area (Å²) in [6.45, 7) is 6.64. The van der Waals surface area contributed by atoms with Crippen LogP contribution >= 0.6 is 0 Å². The van der Waals surface area contributed by atoms with Gasteiger partial charge in [0.2, 0.25) is 0 Å². The van der Waals surface area contributed by atoms with Crippen LogP contribution in [0, 0.1) is 0 Å². The van der Waals surface area contributed by atoms with Crippen molar-refractivity contribution in [3.8, 4) is 0 Å². The van der Waals surface area contributed by atoms with Gasteiger partial charge in [-0.1, -0.05) is 300 Å².